The van der Waals surface area contributed by atoms with Gasteiger partial charge in [-0.2, -0.15) is 0 Å². The predicted octanol–water partition coefficient (Wildman–Crippen LogP) is 3.17. The Kier molecular flexibility index (Phi) is 6.22. The summed E-state index contributed by atoms with van der Waals surface area (Å²) >= 11 is 0. The minimum atomic E-state index is 0.0691. The molecule has 0 amide bonds. The fourth-order valence-corrected chi connectivity index (χ4v) is 2.42. The largest absolute Gasteiger partial charge is 0.380 e. The van der Waals surface area contributed by atoms with Gasteiger partial charge in [-0.25, -0.2) is 0 Å². The van der Waals surface area contributed by atoms with E-state index in [-0.39, 0.29) is 6.04 Å². The summed E-state index contributed by atoms with van der Waals surface area (Å²) in [5.74, 6) is 1.42. The van der Waals surface area contributed by atoms with E-state index in [1.54, 1.807) is 0 Å². The average Bonchev–Trinajstić information content (AvgIpc) is 3.28. The first-order chi connectivity index (χ1) is 10.1. The molecular weight excluding hydrogens is 260 g/mol. The minimum Gasteiger partial charge on any atom is -0.380 e. The highest BCUT2D eigenvalue weighted by molar-refractivity contribution is 5.26. The van der Waals surface area contributed by atoms with Crippen LogP contribution in [0.25, 0.3) is 0 Å². The van der Waals surface area contributed by atoms with Crippen molar-refractivity contribution in [2.45, 2.75) is 38.6 Å². The molecule has 2 rings (SSSR count). The van der Waals surface area contributed by atoms with Crippen LogP contribution in [0.5, 0.6) is 0 Å². The van der Waals surface area contributed by atoms with Crippen LogP contribution in [0.2, 0.25) is 0 Å². The molecule has 1 unspecified atom stereocenters. The molecule has 0 aromatic heterocycles. The molecule has 1 saturated carbocycles. The maximum Gasteiger partial charge on any atom is 0.0593 e. The number of benzene rings is 1. The molecule has 1 aliphatic rings. The minimum absolute atomic E-state index is 0.0691. The standard InChI is InChI=1S/C18H30N2O/c1-14(2)16-6-8-17(9-7-16)18(19)12-20(3)10-11-21-13-15-4-5-15/h6-9,14-15,18H,4-5,10-13,19H2,1-3H3. The normalized spacial score (nSPS) is 16.7. The quantitative estimate of drug-likeness (QED) is 0.710. The van der Waals surface area contributed by atoms with Crippen molar-refractivity contribution < 1.29 is 4.74 Å². The Morgan fingerprint density at radius 1 is 1.19 bits per heavy atom. The molecule has 118 valence electrons. The first-order valence-electron chi connectivity index (χ1n) is 8.18. The number of nitrogens with two attached hydrogens (primary N) is 1. The van der Waals surface area contributed by atoms with E-state index in [2.05, 4.69) is 50.1 Å². The molecule has 0 heterocycles. The van der Waals surface area contributed by atoms with Crippen LogP contribution in [-0.2, 0) is 4.74 Å². The second-order valence-corrected chi connectivity index (χ2v) is 6.71. The highest BCUT2D eigenvalue weighted by Gasteiger charge is 2.21. The molecule has 0 bridgehead atoms. The van der Waals surface area contributed by atoms with Crippen LogP contribution >= 0.6 is 0 Å². The van der Waals surface area contributed by atoms with Crippen LogP contribution in [0.3, 0.4) is 0 Å². The van der Waals surface area contributed by atoms with Crippen molar-refractivity contribution in [3.63, 3.8) is 0 Å². The Labute approximate surface area is 129 Å². The summed E-state index contributed by atoms with van der Waals surface area (Å²) in [6.07, 6.45) is 2.71. The predicted molar refractivity (Wildman–Crippen MR) is 88.5 cm³/mol. The van der Waals surface area contributed by atoms with Gasteiger partial charge in [0.1, 0.15) is 0 Å². The first kappa shape index (κ1) is 16.5. The molecule has 3 nitrogen and oxygen atoms in total. The molecule has 0 aliphatic heterocycles. The van der Waals surface area contributed by atoms with Crippen molar-refractivity contribution in [2.24, 2.45) is 11.7 Å². The highest BCUT2D eigenvalue weighted by atomic mass is 16.5. The molecule has 3 heteroatoms. The van der Waals surface area contributed by atoms with Crippen molar-refractivity contribution in [1.82, 2.24) is 4.90 Å². The zero-order chi connectivity index (χ0) is 15.2. The molecule has 1 aromatic rings. The topological polar surface area (TPSA) is 38.5 Å². The molecule has 2 N–H and O–H groups in total. The van der Waals surface area contributed by atoms with Crippen molar-refractivity contribution in [2.75, 3.05) is 33.4 Å². The Balaban J connectivity index is 1.70. The summed E-state index contributed by atoms with van der Waals surface area (Å²) in [6, 6.07) is 8.78. The second-order valence-electron chi connectivity index (χ2n) is 6.71. The monoisotopic (exact) mass is 290 g/mol. The summed E-state index contributed by atoms with van der Waals surface area (Å²) in [5.41, 5.74) is 8.88. The number of nitrogens with zero attached hydrogens (tertiary/aromatic N) is 1. The number of hydrogen-bond acceptors (Lipinski definition) is 3. The van der Waals surface area contributed by atoms with E-state index in [4.69, 9.17) is 10.5 Å². The number of rotatable bonds is 9. The summed E-state index contributed by atoms with van der Waals surface area (Å²) in [6.45, 7) is 8.00. The van der Waals surface area contributed by atoms with Crippen LogP contribution < -0.4 is 5.73 Å². The first-order valence-corrected chi connectivity index (χ1v) is 8.18. The Hall–Kier alpha value is -0.900. The maximum absolute atomic E-state index is 6.30. The third-order valence-corrected chi connectivity index (χ3v) is 4.21. The maximum atomic E-state index is 6.30. The Morgan fingerprint density at radius 2 is 1.81 bits per heavy atom. The fraction of sp³-hybridized carbons (Fsp3) is 0.667. The van der Waals surface area contributed by atoms with Crippen LogP contribution in [-0.4, -0.2) is 38.3 Å². The van der Waals surface area contributed by atoms with Gasteiger partial charge < -0.3 is 15.4 Å². The third-order valence-electron chi connectivity index (χ3n) is 4.21. The van der Waals surface area contributed by atoms with Crippen molar-refractivity contribution in [3.05, 3.63) is 35.4 Å². The lowest BCUT2D eigenvalue weighted by molar-refractivity contribution is 0.102. The van der Waals surface area contributed by atoms with Crippen LogP contribution in [0, 0.1) is 5.92 Å². The van der Waals surface area contributed by atoms with Gasteiger partial charge in [-0.1, -0.05) is 38.1 Å². The second kappa shape index (κ2) is 7.92. The fourth-order valence-electron chi connectivity index (χ4n) is 2.42. The summed E-state index contributed by atoms with van der Waals surface area (Å²) in [5, 5.41) is 0. The third kappa shape index (κ3) is 5.77. The van der Waals surface area contributed by atoms with Gasteiger partial charge in [-0.05, 0) is 42.9 Å². The lowest BCUT2D eigenvalue weighted by Gasteiger charge is -2.22. The number of hydrogen-bond donors (Lipinski definition) is 1. The molecule has 1 aromatic carbocycles. The molecule has 1 fully saturated rings. The van der Waals surface area contributed by atoms with Crippen LogP contribution in [0.4, 0.5) is 0 Å². The van der Waals surface area contributed by atoms with E-state index in [0.717, 1.165) is 32.2 Å². The van der Waals surface area contributed by atoms with Crippen LogP contribution in [0.15, 0.2) is 24.3 Å². The van der Waals surface area contributed by atoms with E-state index >= 15 is 0 Å². The zero-order valence-corrected chi connectivity index (χ0v) is 13.7. The van der Waals surface area contributed by atoms with Gasteiger partial charge in [0, 0.05) is 25.7 Å². The average molecular weight is 290 g/mol. The summed E-state index contributed by atoms with van der Waals surface area (Å²) < 4.78 is 5.68. The number of ether oxygens (including phenoxy) is 1. The lowest BCUT2D eigenvalue weighted by Crippen LogP contribution is -2.31. The van der Waals surface area contributed by atoms with Gasteiger partial charge >= 0.3 is 0 Å². The summed E-state index contributed by atoms with van der Waals surface area (Å²) in [7, 11) is 2.11. The molecule has 1 atom stereocenters. The van der Waals surface area contributed by atoms with Gasteiger partial charge in [-0.15, -0.1) is 0 Å². The van der Waals surface area contributed by atoms with Crippen LogP contribution in [0.1, 0.15) is 49.8 Å². The van der Waals surface area contributed by atoms with E-state index in [0.29, 0.717) is 5.92 Å². The van der Waals surface area contributed by atoms with Gasteiger partial charge in [0.05, 0.1) is 6.61 Å². The van der Waals surface area contributed by atoms with E-state index in [1.165, 1.54) is 24.0 Å². The molecule has 21 heavy (non-hydrogen) atoms. The highest BCUT2D eigenvalue weighted by Crippen LogP contribution is 2.28. The lowest BCUT2D eigenvalue weighted by atomic mass is 9.99. The SMILES string of the molecule is CC(C)c1ccc(C(N)CN(C)CCOCC2CC2)cc1. The van der Waals surface area contributed by atoms with E-state index < -0.39 is 0 Å². The Morgan fingerprint density at radius 3 is 2.38 bits per heavy atom. The molecule has 0 spiro atoms. The molecule has 0 saturated heterocycles. The van der Waals surface area contributed by atoms with Gasteiger partial charge in [0.2, 0.25) is 0 Å². The molecule has 0 radical (unpaired) electrons. The van der Waals surface area contributed by atoms with Gasteiger partial charge in [-0.3, -0.25) is 0 Å². The van der Waals surface area contributed by atoms with Crippen molar-refractivity contribution in [3.8, 4) is 0 Å². The Bertz CT molecular complexity index is 412. The van der Waals surface area contributed by atoms with Crippen molar-refractivity contribution >= 4 is 0 Å². The van der Waals surface area contributed by atoms with Crippen molar-refractivity contribution in [1.29, 1.82) is 0 Å². The number of likely N-dealkylation sites (N-methyl/N-ethyl adjacent to an activating group) is 1. The van der Waals surface area contributed by atoms with Gasteiger partial charge in [0.15, 0.2) is 0 Å². The zero-order valence-electron chi connectivity index (χ0n) is 13.7. The van der Waals surface area contributed by atoms with Gasteiger partial charge in [0.25, 0.3) is 0 Å². The van der Waals surface area contributed by atoms with E-state index in [1.807, 2.05) is 0 Å². The molecule has 1 aliphatic carbocycles. The molecular formula is C18H30N2O. The summed E-state index contributed by atoms with van der Waals surface area (Å²) in [4.78, 5) is 2.26. The van der Waals surface area contributed by atoms with E-state index in [9.17, 15) is 0 Å². The smallest absolute Gasteiger partial charge is 0.0593 e.